The van der Waals surface area contributed by atoms with E-state index in [0.717, 1.165) is 17.8 Å². The summed E-state index contributed by atoms with van der Waals surface area (Å²) in [5.74, 6) is 0. The highest BCUT2D eigenvalue weighted by atomic mass is 16.2. The number of nitrogens with zero attached hydrogens (tertiary/aromatic N) is 1. The second kappa shape index (κ2) is 7.90. The van der Waals surface area contributed by atoms with Gasteiger partial charge in [0.05, 0.1) is 0 Å². The lowest BCUT2D eigenvalue weighted by molar-refractivity contribution is 0.176. The van der Waals surface area contributed by atoms with Gasteiger partial charge < -0.3 is 10.6 Å². The number of carbonyl (C=O) groups is 1. The van der Waals surface area contributed by atoms with E-state index in [1.807, 2.05) is 31.2 Å². The van der Waals surface area contributed by atoms with Crippen molar-refractivity contribution in [2.75, 3.05) is 18.4 Å². The summed E-state index contributed by atoms with van der Waals surface area (Å²) < 4.78 is 0. The van der Waals surface area contributed by atoms with Gasteiger partial charge in [-0.3, -0.25) is 4.90 Å². The molecule has 20 heavy (non-hydrogen) atoms. The number of hydrogen-bond acceptors (Lipinski definition) is 2. The van der Waals surface area contributed by atoms with E-state index in [4.69, 9.17) is 0 Å². The average Bonchev–Trinajstić information content (AvgIpc) is 2.33. The molecular weight excluding hydrogens is 250 g/mol. The molecule has 0 bridgehead atoms. The molecule has 2 amide bonds. The number of carbonyl (C=O) groups excluding carboxylic acids is 1. The van der Waals surface area contributed by atoms with Crippen molar-refractivity contribution in [1.29, 1.82) is 0 Å². The Balaban J connectivity index is 2.36. The Morgan fingerprint density at radius 2 is 1.85 bits per heavy atom. The summed E-state index contributed by atoms with van der Waals surface area (Å²) in [4.78, 5) is 14.2. The highest BCUT2D eigenvalue weighted by molar-refractivity contribution is 5.89. The Labute approximate surface area is 122 Å². The van der Waals surface area contributed by atoms with Gasteiger partial charge in [-0.25, -0.2) is 4.79 Å². The van der Waals surface area contributed by atoms with Crippen LogP contribution in [0.15, 0.2) is 24.3 Å². The molecule has 1 aromatic carbocycles. The fraction of sp³-hybridized carbons (Fsp3) is 0.562. The molecule has 112 valence electrons. The van der Waals surface area contributed by atoms with Crippen molar-refractivity contribution in [3.63, 3.8) is 0 Å². The van der Waals surface area contributed by atoms with Gasteiger partial charge >= 0.3 is 6.03 Å². The predicted octanol–water partition coefficient (Wildman–Crippen LogP) is 3.24. The quantitative estimate of drug-likeness (QED) is 0.838. The van der Waals surface area contributed by atoms with Gasteiger partial charge in [0.25, 0.3) is 0 Å². The highest BCUT2D eigenvalue weighted by Gasteiger charge is 2.12. The van der Waals surface area contributed by atoms with Gasteiger partial charge in [0, 0.05) is 30.9 Å². The van der Waals surface area contributed by atoms with E-state index in [0.29, 0.717) is 18.6 Å². The van der Waals surface area contributed by atoms with Crippen LogP contribution < -0.4 is 10.6 Å². The number of benzene rings is 1. The van der Waals surface area contributed by atoms with Crippen molar-refractivity contribution in [3.8, 4) is 0 Å². The molecule has 0 fully saturated rings. The fourth-order valence-corrected chi connectivity index (χ4v) is 2.31. The number of nitrogens with one attached hydrogen (secondary N) is 2. The minimum Gasteiger partial charge on any atom is -0.337 e. The van der Waals surface area contributed by atoms with Crippen LogP contribution in [0.4, 0.5) is 10.5 Å². The van der Waals surface area contributed by atoms with Crippen LogP contribution in [0.3, 0.4) is 0 Å². The zero-order chi connectivity index (χ0) is 15.1. The Morgan fingerprint density at radius 3 is 2.40 bits per heavy atom. The Morgan fingerprint density at radius 1 is 1.20 bits per heavy atom. The molecule has 1 aromatic rings. The molecule has 4 nitrogen and oxygen atoms in total. The Hall–Kier alpha value is -1.55. The molecule has 4 heteroatoms. The molecular formula is C16H27N3O. The van der Waals surface area contributed by atoms with E-state index < -0.39 is 0 Å². The van der Waals surface area contributed by atoms with E-state index in [9.17, 15) is 4.79 Å². The van der Waals surface area contributed by atoms with Gasteiger partial charge in [0.15, 0.2) is 0 Å². The molecule has 0 spiro atoms. The van der Waals surface area contributed by atoms with Gasteiger partial charge in [0.2, 0.25) is 0 Å². The van der Waals surface area contributed by atoms with Gasteiger partial charge in [-0.05, 0) is 52.3 Å². The molecule has 2 N–H and O–H groups in total. The first-order valence-electron chi connectivity index (χ1n) is 7.27. The van der Waals surface area contributed by atoms with E-state index in [2.05, 4.69) is 43.2 Å². The summed E-state index contributed by atoms with van der Waals surface area (Å²) in [5, 5.41) is 5.75. The summed E-state index contributed by atoms with van der Waals surface area (Å²) in [5.41, 5.74) is 1.96. The van der Waals surface area contributed by atoms with Crippen molar-refractivity contribution in [2.45, 2.75) is 46.7 Å². The Bertz CT molecular complexity index is 421. The van der Waals surface area contributed by atoms with Gasteiger partial charge in [-0.1, -0.05) is 12.1 Å². The normalized spacial score (nSPS) is 11.2. The van der Waals surface area contributed by atoms with Crippen LogP contribution in [0.5, 0.6) is 0 Å². The summed E-state index contributed by atoms with van der Waals surface area (Å²) in [6.45, 7) is 12.2. The summed E-state index contributed by atoms with van der Waals surface area (Å²) >= 11 is 0. The molecule has 0 saturated heterocycles. The van der Waals surface area contributed by atoms with Gasteiger partial charge in [-0.15, -0.1) is 0 Å². The molecule has 0 saturated carbocycles. The standard InChI is InChI=1S/C16H27N3O/c1-12(2)19(13(3)4)10-9-17-16(20)18-15-8-6-7-14(5)11-15/h6-8,11-13H,9-10H2,1-5H3,(H2,17,18,20). The zero-order valence-electron chi connectivity index (χ0n) is 13.2. The number of urea groups is 1. The zero-order valence-corrected chi connectivity index (χ0v) is 13.2. The lowest BCUT2D eigenvalue weighted by Crippen LogP contribution is -2.43. The predicted molar refractivity (Wildman–Crippen MR) is 85.2 cm³/mol. The van der Waals surface area contributed by atoms with E-state index in [-0.39, 0.29) is 6.03 Å². The van der Waals surface area contributed by atoms with Crippen LogP contribution in [0.1, 0.15) is 33.3 Å². The molecule has 1 rings (SSSR count). The largest absolute Gasteiger partial charge is 0.337 e. The second-order valence-corrected chi connectivity index (χ2v) is 5.68. The second-order valence-electron chi connectivity index (χ2n) is 5.68. The molecule has 0 aliphatic heterocycles. The first kappa shape index (κ1) is 16.5. The average molecular weight is 277 g/mol. The third kappa shape index (κ3) is 5.61. The molecule has 0 aromatic heterocycles. The molecule has 0 atom stereocenters. The fourth-order valence-electron chi connectivity index (χ4n) is 2.31. The topological polar surface area (TPSA) is 44.4 Å². The molecule has 0 aliphatic carbocycles. The van der Waals surface area contributed by atoms with Crippen LogP contribution in [0, 0.1) is 6.92 Å². The lowest BCUT2D eigenvalue weighted by atomic mass is 10.2. The van der Waals surface area contributed by atoms with E-state index in [1.54, 1.807) is 0 Å². The lowest BCUT2D eigenvalue weighted by Gasteiger charge is -2.30. The van der Waals surface area contributed by atoms with Crippen molar-refractivity contribution in [2.24, 2.45) is 0 Å². The number of anilines is 1. The van der Waals surface area contributed by atoms with E-state index in [1.165, 1.54) is 0 Å². The van der Waals surface area contributed by atoms with Crippen LogP contribution in [-0.2, 0) is 0 Å². The summed E-state index contributed by atoms with van der Waals surface area (Å²) in [7, 11) is 0. The highest BCUT2D eigenvalue weighted by Crippen LogP contribution is 2.09. The van der Waals surface area contributed by atoms with Gasteiger partial charge in [-0.2, -0.15) is 0 Å². The maximum Gasteiger partial charge on any atom is 0.319 e. The SMILES string of the molecule is Cc1cccc(NC(=O)NCCN(C(C)C)C(C)C)c1. The third-order valence-corrected chi connectivity index (χ3v) is 3.26. The van der Waals surface area contributed by atoms with E-state index >= 15 is 0 Å². The monoisotopic (exact) mass is 277 g/mol. The third-order valence-electron chi connectivity index (χ3n) is 3.26. The Kier molecular flexibility index (Phi) is 6.52. The number of hydrogen-bond donors (Lipinski definition) is 2. The number of aryl methyl sites for hydroxylation is 1. The summed E-state index contributed by atoms with van der Waals surface area (Å²) in [6.07, 6.45) is 0. The smallest absolute Gasteiger partial charge is 0.319 e. The number of rotatable bonds is 6. The number of amides is 2. The van der Waals surface area contributed by atoms with Crippen LogP contribution in [0.25, 0.3) is 0 Å². The first-order valence-corrected chi connectivity index (χ1v) is 7.27. The van der Waals surface area contributed by atoms with Crippen LogP contribution in [-0.4, -0.2) is 36.1 Å². The van der Waals surface area contributed by atoms with Crippen molar-refractivity contribution >= 4 is 11.7 Å². The summed E-state index contributed by atoms with van der Waals surface area (Å²) in [6, 6.07) is 8.60. The molecule has 0 heterocycles. The van der Waals surface area contributed by atoms with Gasteiger partial charge in [0.1, 0.15) is 0 Å². The first-order chi connectivity index (χ1) is 9.40. The molecule has 0 aliphatic rings. The minimum absolute atomic E-state index is 0.150. The van der Waals surface area contributed by atoms with Crippen LogP contribution >= 0.6 is 0 Å². The minimum atomic E-state index is -0.150. The van der Waals surface area contributed by atoms with Crippen LogP contribution in [0.2, 0.25) is 0 Å². The van der Waals surface area contributed by atoms with Crippen molar-refractivity contribution in [3.05, 3.63) is 29.8 Å². The van der Waals surface area contributed by atoms with Crippen molar-refractivity contribution in [1.82, 2.24) is 10.2 Å². The maximum atomic E-state index is 11.8. The molecule has 0 radical (unpaired) electrons. The molecule has 0 unspecified atom stereocenters. The van der Waals surface area contributed by atoms with Crippen molar-refractivity contribution < 1.29 is 4.79 Å². The maximum absolute atomic E-state index is 11.8.